The summed E-state index contributed by atoms with van der Waals surface area (Å²) < 4.78 is 6.72. The van der Waals surface area contributed by atoms with Crippen molar-refractivity contribution in [2.75, 3.05) is 0 Å². The van der Waals surface area contributed by atoms with Crippen LogP contribution >= 0.6 is 0 Å². The molecule has 5 rings (SSSR count). The monoisotopic (exact) mass is 506 g/mol. The fourth-order valence-electron chi connectivity index (χ4n) is 10.6. The Kier molecular flexibility index (Phi) is 7.85. The third kappa shape index (κ3) is 5.04. The van der Waals surface area contributed by atoms with Crippen LogP contribution in [0.5, 0.6) is 5.75 Å². The predicted octanol–water partition coefficient (Wildman–Crippen LogP) is 10.5. The van der Waals surface area contributed by atoms with Crippen LogP contribution in [-0.4, -0.2) is 6.10 Å². The van der Waals surface area contributed by atoms with E-state index in [0.717, 1.165) is 47.2 Å². The zero-order valence-electron chi connectivity index (χ0n) is 25.7. The highest BCUT2D eigenvalue weighted by Crippen LogP contribution is 2.68. The molecule has 0 N–H and O–H groups in total. The molecular weight excluding hydrogens is 448 g/mol. The molecule has 9 unspecified atom stereocenters. The molecule has 1 heteroatoms. The predicted molar refractivity (Wildman–Crippen MR) is 158 cm³/mol. The SMILES string of the molecule is Cc1cc(C)c(OC2CCC3(C)C(CCC4C3CCC3(C)C(C(C)CCCC(C)C)CCC43)C2)cc1C. The molecule has 0 heterocycles. The minimum atomic E-state index is 0.409. The minimum absolute atomic E-state index is 0.409. The van der Waals surface area contributed by atoms with Gasteiger partial charge in [0.15, 0.2) is 0 Å². The lowest BCUT2D eigenvalue weighted by molar-refractivity contribution is -0.126. The maximum absolute atomic E-state index is 6.72. The minimum Gasteiger partial charge on any atom is -0.490 e. The second kappa shape index (κ2) is 10.5. The molecule has 37 heavy (non-hydrogen) atoms. The molecule has 4 aliphatic carbocycles. The molecule has 1 aromatic carbocycles. The molecule has 4 saturated carbocycles. The summed E-state index contributed by atoms with van der Waals surface area (Å²) in [6.07, 6.45) is 17.6. The second-order valence-electron chi connectivity index (χ2n) is 15.4. The van der Waals surface area contributed by atoms with Crippen LogP contribution in [-0.2, 0) is 0 Å². The van der Waals surface area contributed by atoms with Gasteiger partial charge in [-0.3, -0.25) is 0 Å². The van der Waals surface area contributed by atoms with Crippen molar-refractivity contribution in [2.45, 2.75) is 139 Å². The zero-order chi connectivity index (χ0) is 26.5. The van der Waals surface area contributed by atoms with Crippen molar-refractivity contribution in [1.82, 2.24) is 0 Å². The molecule has 0 amide bonds. The number of hydrogen-bond donors (Lipinski definition) is 0. The Balaban J connectivity index is 1.24. The van der Waals surface area contributed by atoms with Gasteiger partial charge >= 0.3 is 0 Å². The third-order valence-corrected chi connectivity index (χ3v) is 12.9. The molecule has 9 atom stereocenters. The van der Waals surface area contributed by atoms with E-state index in [4.69, 9.17) is 4.74 Å². The van der Waals surface area contributed by atoms with Crippen LogP contribution in [0.1, 0.15) is 128 Å². The number of hydrogen-bond acceptors (Lipinski definition) is 1. The fraction of sp³-hybridized carbons (Fsp3) is 0.833. The number of rotatable bonds is 7. The molecule has 0 saturated heterocycles. The van der Waals surface area contributed by atoms with Gasteiger partial charge in [-0.25, -0.2) is 0 Å². The average Bonchev–Trinajstić information content (AvgIpc) is 3.19. The molecular formula is C36H58O. The van der Waals surface area contributed by atoms with Gasteiger partial charge in [0.25, 0.3) is 0 Å². The Labute approximate surface area is 229 Å². The van der Waals surface area contributed by atoms with E-state index in [0.29, 0.717) is 16.9 Å². The summed E-state index contributed by atoms with van der Waals surface area (Å²) >= 11 is 0. The number of aryl methyl sites for hydroxylation is 3. The summed E-state index contributed by atoms with van der Waals surface area (Å²) in [6, 6.07) is 4.60. The van der Waals surface area contributed by atoms with E-state index in [1.165, 1.54) is 93.7 Å². The van der Waals surface area contributed by atoms with Gasteiger partial charge in [0.2, 0.25) is 0 Å². The van der Waals surface area contributed by atoms with Gasteiger partial charge in [0.05, 0.1) is 6.10 Å². The van der Waals surface area contributed by atoms with Gasteiger partial charge in [-0.1, -0.05) is 59.9 Å². The lowest BCUT2D eigenvalue weighted by Gasteiger charge is -2.61. The van der Waals surface area contributed by atoms with Gasteiger partial charge in [-0.05, 0) is 154 Å². The van der Waals surface area contributed by atoms with Crippen molar-refractivity contribution >= 4 is 0 Å². The standard InChI is InChI=1S/C36H58O/c1-23(2)10-9-11-24(3)31-14-15-32-30-13-12-28-22-29(37-34-21-26(5)25(4)20-27(34)6)16-18-35(28,7)33(30)17-19-36(31,32)8/h20-21,23-24,28-33H,9-19,22H2,1-8H3. The highest BCUT2D eigenvalue weighted by molar-refractivity contribution is 5.41. The summed E-state index contributed by atoms with van der Waals surface area (Å²) in [6.45, 7) is 19.5. The van der Waals surface area contributed by atoms with Gasteiger partial charge in [0.1, 0.15) is 5.75 Å². The van der Waals surface area contributed by atoms with Crippen LogP contribution in [0.15, 0.2) is 12.1 Å². The molecule has 208 valence electrons. The van der Waals surface area contributed by atoms with Gasteiger partial charge in [-0.2, -0.15) is 0 Å². The van der Waals surface area contributed by atoms with E-state index in [1.807, 2.05) is 0 Å². The molecule has 4 fully saturated rings. The normalized spacial score (nSPS) is 40.1. The first-order valence-electron chi connectivity index (χ1n) is 16.3. The first-order chi connectivity index (χ1) is 17.5. The van der Waals surface area contributed by atoms with Crippen molar-refractivity contribution in [2.24, 2.45) is 52.3 Å². The molecule has 1 aromatic rings. The maximum atomic E-state index is 6.72. The van der Waals surface area contributed by atoms with Crippen LogP contribution in [0.4, 0.5) is 0 Å². The quantitative estimate of drug-likeness (QED) is 0.357. The molecule has 0 aliphatic heterocycles. The summed E-state index contributed by atoms with van der Waals surface area (Å²) in [5.41, 5.74) is 5.20. The van der Waals surface area contributed by atoms with Crippen molar-refractivity contribution < 1.29 is 4.74 Å². The van der Waals surface area contributed by atoms with E-state index < -0.39 is 0 Å². The lowest BCUT2D eigenvalue weighted by atomic mass is 9.44. The van der Waals surface area contributed by atoms with Crippen molar-refractivity contribution in [3.63, 3.8) is 0 Å². The average molecular weight is 507 g/mol. The molecule has 0 aromatic heterocycles. The smallest absolute Gasteiger partial charge is 0.122 e. The Morgan fingerprint density at radius 3 is 2.24 bits per heavy atom. The first-order valence-corrected chi connectivity index (χ1v) is 16.3. The Bertz CT molecular complexity index is 946. The van der Waals surface area contributed by atoms with Crippen LogP contribution in [0.25, 0.3) is 0 Å². The van der Waals surface area contributed by atoms with E-state index in [1.54, 1.807) is 0 Å². The Morgan fingerprint density at radius 2 is 1.49 bits per heavy atom. The molecule has 0 bridgehead atoms. The van der Waals surface area contributed by atoms with Gasteiger partial charge in [-0.15, -0.1) is 0 Å². The molecule has 0 spiro atoms. The summed E-state index contributed by atoms with van der Waals surface area (Å²) in [7, 11) is 0. The summed E-state index contributed by atoms with van der Waals surface area (Å²) in [5, 5.41) is 0. The van der Waals surface area contributed by atoms with E-state index in [9.17, 15) is 0 Å². The van der Waals surface area contributed by atoms with Crippen LogP contribution in [0, 0.1) is 73.0 Å². The largest absolute Gasteiger partial charge is 0.490 e. The second-order valence-corrected chi connectivity index (χ2v) is 15.4. The fourth-order valence-corrected chi connectivity index (χ4v) is 10.6. The Hall–Kier alpha value is -0.980. The topological polar surface area (TPSA) is 9.23 Å². The highest BCUT2D eigenvalue weighted by Gasteiger charge is 2.60. The summed E-state index contributed by atoms with van der Waals surface area (Å²) in [5.74, 6) is 7.69. The van der Waals surface area contributed by atoms with Crippen molar-refractivity contribution in [3.05, 3.63) is 28.8 Å². The van der Waals surface area contributed by atoms with Gasteiger partial charge in [0, 0.05) is 0 Å². The van der Waals surface area contributed by atoms with Crippen molar-refractivity contribution in [3.8, 4) is 5.75 Å². The number of fused-ring (bicyclic) bond motifs is 5. The molecule has 1 nitrogen and oxygen atoms in total. The van der Waals surface area contributed by atoms with Gasteiger partial charge < -0.3 is 4.74 Å². The zero-order valence-corrected chi connectivity index (χ0v) is 25.7. The Morgan fingerprint density at radius 1 is 0.784 bits per heavy atom. The van der Waals surface area contributed by atoms with E-state index >= 15 is 0 Å². The number of benzene rings is 1. The highest BCUT2D eigenvalue weighted by atomic mass is 16.5. The number of ether oxygens (including phenoxy) is 1. The lowest BCUT2D eigenvalue weighted by Crippen LogP contribution is -2.54. The summed E-state index contributed by atoms with van der Waals surface area (Å²) in [4.78, 5) is 0. The van der Waals surface area contributed by atoms with E-state index in [2.05, 4.69) is 67.5 Å². The van der Waals surface area contributed by atoms with Crippen LogP contribution in [0.2, 0.25) is 0 Å². The third-order valence-electron chi connectivity index (χ3n) is 12.9. The van der Waals surface area contributed by atoms with Crippen LogP contribution in [0.3, 0.4) is 0 Å². The van der Waals surface area contributed by atoms with E-state index in [-0.39, 0.29) is 0 Å². The first kappa shape index (κ1) is 27.6. The van der Waals surface area contributed by atoms with Crippen molar-refractivity contribution in [1.29, 1.82) is 0 Å². The maximum Gasteiger partial charge on any atom is 0.122 e. The molecule has 4 aliphatic rings. The molecule has 0 radical (unpaired) electrons. The van der Waals surface area contributed by atoms with Crippen LogP contribution < -0.4 is 4.74 Å².